The largest absolute Gasteiger partial charge is 0.265 e. The third kappa shape index (κ3) is 2.32. The summed E-state index contributed by atoms with van der Waals surface area (Å²) in [4.78, 5) is 0. The van der Waals surface area contributed by atoms with Crippen molar-refractivity contribution >= 4 is 15.9 Å². The Morgan fingerprint density at radius 3 is 2.69 bits per heavy atom. The third-order valence-corrected chi connectivity index (χ3v) is 2.92. The van der Waals surface area contributed by atoms with E-state index >= 15 is 0 Å². The lowest BCUT2D eigenvalue weighted by molar-refractivity contribution is 0.578. The monoisotopic (exact) mass is 282 g/mol. The summed E-state index contributed by atoms with van der Waals surface area (Å²) in [5, 5.41) is 4.31. The Kier molecular flexibility index (Phi) is 3.10. The van der Waals surface area contributed by atoms with Crippen molar-refractivity contribution in [2.75, 3.05) is 0 Å². The first-order valence-corrected chi connectivity index (χ1v) is 5.80. The maximum absolute atomic E-state index is 13.5. The van der Waals surface area contributed by atoms with E-state index in [-0.39, 0.29) is 5.82 Å². The van der Waals surface area contributed by atoms with E-state index < -0.39 is 0 Å². The maximum Gasteiger partial charge on any atom is 0.128 e. The minimum atomic E-state index is -0.198. The number of aryl methyl sites for hydroxylation is 2. The summed E-state index contributed by atoms with van der Waals surface area (Å²) >= 11 is 3.34. The highest BCUT2D eigenvalue weighted by molar-refractivity contribution is 9.10. The fraction of sp³-hybridized carbons (Fsp3) is 0.250. The summed E-state index contributed by atoms with van der Waals surface area (Å²) in [6.45, 7) is 4.36. The predicted molar refractivity (Wildman–Crippen MR) is 64.9 cm³/mol. The number of aromatic nitrogens is 2. The first-order valence-electron chi connectivity index (χ1n) is 5.01. The fourth-order valence-electron chi connectivity index (χ4n) is 1.66. The van der Waals surface area contributed by atoms with Gasteiger partial charge in [0.1, 0.15) is 5.82 Å². The average molecular weight is 283 g/mol. The molecule has 1 aromatic carbocycles. The summed E-state index contributed by atoms with van der Waals surface area (Å²) in [6.07, 6.45) is 0. The van der Waals surface area contributed by atoms with Crippen LogP contribution in [0.5, 0.6) is 0 Å². The Labute approximate surface area is 102 Å². The second-order valence-corrected chi connectivity index (χ2v) is 4.74. The van der Waals surface area contributed by atoms with E-state index in [1.807, 2.05) is 19.9 Å². The van der Waals surface area contributed by atoms with Gasteiger partial charge in [0, 0.05) is 15.7 Å². The summed E-state index contributed by atoms with van der Waals surface area (Å²) in [5.74, 6) is -0.198. The zero-order chi connectivity index (χ0) is 11.7. The second-order valence-electron chi connectivity index (χ2n) is 3.82. The molecule has 2 rings (SSSR count). The molecule has 0 saturated carbocycles. The SMILES string of the molecule is Cc1cc(C)n(Cc2cc(Br)ccc2F)n1. The Morgan fingerprint density at radius 2 is 2.06 bits per heavy atom. The number of rotatable bonds is 2. The Morgan fingerprint density at radius 1 is 1.31 bits per heavy atom. The predicted octanol–water partition coefficient (Wildman–Crippen LogP) is 3.45. The zero-order valence-corrected chi connectivity index (χ0v) is 10.8. The van der Waals surface area contributed by atoms with Gasteiger partial charge in [-0.15, -0.1) is 0 Å². The van der Waals surface area contributed by atoms with Gasteiger partial charge in [0.25, 0.3) is 0 Å². The van der Waals surface area contributed by atoms with Crippen molar-refractivity contribution < 1.29 is 4.39 Å². The van der Waals surface area contributed by atoms with Crippen LogP contribution in [-0.4, -0.2) is 9.78 Å². The van der Waals surface area contributed by atoms with Crippen LogP contribution in [0, 0.1) is 19.7 Å². The van der Waals surface area contributed by atoms with Crippen molar-refractivity contribution in [3.8, 4) is 0 Å². The van der Waals surface area contributed by atoms with Gasteiger partial charge in [0.05, 0.1) is 12.2 Å². The lowest BCUT2D eigenvalue weighted by Gasteiger charge is -2.06. The van der Waals surface area contributed by atoms with Crippen molar-refractivity contribution in [1.29, 1.82) is 0 Å². The Hall–Kier alpha value is -1.16. The molecule has 0 aliphatic rings. The molecule has 0 amide bonds. The highest BCUT2D eigenvalue weighted by Crippen LogP contribution is 2.17. The molecule has 0 N–H and O–H groups in total. The number of benzene rings is 1. The molecular formula is C12H12BrFN2. The van der Waals surface area contributed by atoms with Crippen LogP contribution in [0.4, 0.5) is 4.39 Å². The Balaban J connectivity index is 2.33. The quantitative estimate of drug-likeness (QED) is 0.825. The van der Waals surface area contributed by atoms with Crippen molar-refractivity contribution in [3.63, 3.8) is 0 Å². The lowest BCUT2D eigenvalue weighted by atomic mass is 10.2. The van der Waals surface area contributed by atoms with Crippen LogP contribution >= 0.6 is 15.9 Å². The standard InChI is InChI=1S/C12H12BrFN2/c1-8-5-9(2)16(15-8)7-10-6-11(13)3-4-12(10)14/h3-6H,7H2,1-2H3. The van der Waals surface area contributed by atoms with Gasteiger partial charge in [-0.1, -0.05) is 15.9 Å². The molecule has 2 nitrogen and oxygen atoms in total. The molecule has 0 radical (unpaired) electrons. The maximum atomic E-state index is 13.5. The van der Waals surface area contributed by atoms with E-state index in [0.717, 1.165) is 15.9 Å². The van der Waals surface area contributed by atoms with E-state index in [4.69, 9.17) is 0 Å². The summed E-state index contributed by atoms with van der Waals surface area (Å²) in [7, 11) is 0. The minimum absolute atomic E-state index is 0.198. The molecule has 0 atom stereocenters. The smallest absolute Gasteiger partial charge is 0.128 e. The normalized spacial score (nSPS) is 10.8. The molecule has 0 spiro atoms. The van der Waals surface area contributed by atoms with E-state index in [1.54, 1.807) is 16.8 Å². The van der Waals surface area contributed by atoms with Gasteiger partial charge in [-0.3, -0.25) is 4.68 Å². The van der Waals surface area contributed by atoms with Crippen LogP contribution in [0.25, 0.3) is 0 Å². The fourth-order valence-corrected chi connectivity index (χ4v) is 2.07. The number of hydrogen-bond acceptors (Lipinski definition) is 1. The number of nitrogens with zero attached hydrogens (tertiary/aromatic N) is 2. The van der Waals surface area contributed by atoms with Gasteiger partial charge in [0.2, 0.25) is 0 Å². The molecule has 0 unspecified atom stereocenters. The molecule has 0 saturated heterocycles. The molecule has 2 aromatic rings. The minimum Gasteiger partial charge on any atom is -0.265 e. The molecule has 0 aliphatic heterocycles. The topological polar surface area (TPSA) is 17.8 Å². The van der Waals surface area contributed by atoms with Crippen LogP contribution in [0.15, 0.2) is 28.7 Å². The van der Waals surface area contributed by atoms with Crippen LogP contribution in [0.3, 0.4) is 0 Å². The van der Waals surface area contributed by atoms with E-state index in [0.29, 0.717) is 12.1 Å². The van der Waals surface area contributed by atoms with Crippen molar-refractivity contribution in [2.24, 2.45) is 0 Å². The van der Waals surface area contributed by atoms with E-state index in [1.165, 1.54) is 6.07 Å². The van der Waals surface area contributed by atoms with Crippen molar-refractivity contribution in [3.05, 3.63) is 51.5 Å². The van der Waals surface area contributed by atoms with Crippen LogP contribution in [0.2, 0.25) is 0 Å². The average Bonchev–Trinajstić information content (AvgIpc) is 2.51. The highest BCUT2D eigenvalue weighted by atomic mass is 79.9. The molecule has 4 heteroatoms. The molecule has 0 aliphatic carbocycles. The van der Waals surface area contributed by atoms with Gasteiger partial charge < -0.3 is 0 Å². The first kappa shape index (κ1) is 11.3. The van der Waals surface area contributed by atoms with Crippen LogP contribution in [0.1, 0.15) is 17.0 Å². The number of hydrogen-bond donors (Lipinski definition) is 0. The van der Waals surface area contributed by atoms with Crippen molar-refractivity contribution in [2.45, 2.75) is 20.4 Å². The summed E-state index contributed by atoms with van der Waals surface area (Å²) in [5.41, 5.74) is 2.63. The lowest BCUT2D eigenvalue weighted by Crippen LogP contribution is -2.05. The molecular weight excluding hydrogens is 271 g/mol. The van der Waals surface area contributed by atoms with Crippen LogP contribution in [-0.2, 0) is 6.54 Å². The summed E-state index contributed by atoms with van der Waals surface area (Å²) < 4.78 is 16.2. The Bertz CT molecular complexity index is 520. The molecule has 84 valence electrons. The van der Waals surface area contributed by atoms with Gasteiger partial charge >= 0.3 is 0 Å². The molecule has 1 aromatic heterocycles. The van der Waals surface area contributed by atoms with Crippen molar-refractivity contribution in [1.82, 2.24) is 9.78 Å². The molecule has 0 bridgehead atoms. The van der Waals surface area contributed by atoms with Gasteiger partial charge in [0.15, 0.2) is 0 Å². The molecule has 1 heterocycles. The first-order chi connectivity index (χ1) is 7.56. The van der Waals surface area contributed by atoms with E-state index in [9.17, 15) is 4.39 Å². The summed E-state index contributed by atoms with van der Waals surface area (Å²) in [6, 6.07) is 6.92. The second kappa shape index (κ2) is 4.37. The van der Waals surface area contributed by atoms with Gasteiger partial charge in [-0.25, -0.2) is 4.39 Å². The van der Waals surface area contributed by atoms with Crippen LogP contribution < -0.4 is 0 Å². The van der Waals surface area contributed by atoms with Gasteiger partial charge in [-0.05, 0) is 38.1 Å². The highest BCUT2D eigenvalue weighted by Gasteiger charge is 2.06. The van der Waals surface area contributed by atoms with E-state index in [2.05, 4.69) is 21.0 Å². The number of halogens is 2. The molecule has 16 heavy (non-hydrogen) atoms. The zero-order valence-electron chi connectivity index (χ0n) is 9.17. The van der Waals surface area contributed by atoms with Gasteiger partial charge in [-0.2, -0.15) is 5.10 Å². The molecule has 0 fully saturated rings. The third-order valence-electron chi connectivity index (χ3n) is 2.43.